The summed E-state index contributed by atoms with van der Waals surface area (Å²) in [7, 11) is 0. The zero-order valence-corrected chi connectivity index (χ0v) is 18.4. The Morgan fingerprint density at radius 1 is 1.33 bits per heavy atom. The van der Waals surface area contributed by atoms with Crippen molar-refractivity contribution in [2.75, 3.05) is 11.9 Å². The van der Waals surface area contributed by atoms with Gasteiger partial charge in [0.2, 0.25) is 0 Å². The van der Waals surface area contributed by atoms with Crippen LogP contribution in [0.4, 0.5) is 5.82 Å². The van der Waals surface area contributed by atoms with Gasteiger partial charge in [-0.25, -0.2) is 9.97 Å². The van der Waals surface area contributed by atoms with Gasteiger partial charge in [-0.05, 0) is 48.4 Å². The number of aromatic nitrogens is 3. The Balaban J connectivity index is 1.50. The van der Waals surface area contributed by atoms with Crippen LogP contribution in [0.2, 0.25) is 0 Å². The fourth-order valence-corrected chi connectivity index (χ4v) is 4.63. The van der Waals surface area contributed by atoms with E-state index in [0.29, 0.717) is 29.4 Å². The van der Waals surface area contributed by atoms with Gasteiger partial charge in [0, 0.05) is 47.8 Å². The maximum absolute atomic E-state index is 13.2. The third-order valence-electron chi connectivity index (χ3n) is 5.85. The molecule has 1 saturated carbocycles. The zero-order valence-electron chi connectivity index (χ0n) is 16.8. The fourth-order valence-electron chi connectivity index (χ4n) is 4.19. The first-order valence-corrected chi connectivity index (χ1v) is 10.9. The molecule has 7 heteroatoms. The average Bonchev–Trinajstić information content (AvgIpc) is 3.34. The molecular formula is C23H25BrN4O2. The number of benzene rings is 1. The molecule has 3 aromatic rings. The smallest absolute Gasteiger partial charge is 0.199 e. The lowest BCUT2D eigenvalue weighted by Crippen LogP contribution is -2.20. The molecule has 0 unspecified atom stereocenters. The molecule has 30 heavy (non-hydrogen) atoms. The molecular weight excluding hydrogens is 444 g/mol. The molecule has 1 aromatic carbocycles. The highest BCUT2D eigenvalue weighted by Gasteiger charge is 2.31. The first kappa shape index (κ1) is 20.8. The van der Waals surface area contributed by atoms with Crippen LogP contribution in [0.5, 0.6) is 0 Å². The van der Waals surface area contributed by atoms with Gasteiger partial charge in [0.1, 0.15) is 12.1 Å². The van der Waals surface area contributed by atoms with E-state index in [0.717, 1.165) is 22.9 Å². The lowest BCUT2D eigenvalue weighted by atomic mass is 10.00. The highest BCUT2D eigenvalue weighted by molar-refractivity contribution is 9.10. The summed E-state index contributed by atoms with van der Waals surface area (Å²) in [4.78, 5) is 21.6. The minimum atomic E-state index is -0.101. The van der Waals surface area contributed by atoms with Crippen molar-refractivity contribution in [3.05, 3.63) is 76.4 Å². The quantitative estimate of drug-likeness (QED) is 0.509. The molecule has 4 rings (SSSR count). The summed E-state index contributed by atoms with van der Waals surface area (Å²) in [6.45, 7) is 3.04. The van der Waals surface area contributed by atoms with E-state index < -0.39 is 0 Å². The number of aliphatic hydroxyl groups excluding tert-OH is 1. The SMILES string of the molecule is C[C@H]1C[C@H](Nc2ncncc2C(=O)c2ccn(Cc3cccc(Br)c3)c2)C[C@H]1CO. The molecule has 2 aromatic heterocycles. The first-order chi connectivity index (χ1) is 14.5. The molecule has 0 aliphatic heterocycles. The number of hydrogen-bond donors (Lipinski definition) is 2. The van der Waals surface area contributed by atoms with E-state index in [1.165, 1.54) is 6.33 Å². The van der Waals surface area contributed by atoms with Gasteiger partial charge in [-0.1, -0.05) is 35.0 Å². The third kappa shape index (κ3) is 4.63. The van der Waals surface area contributed by atoms with Crippen molar-refractivity contribution >= 4 is 27.5 Å². The van der Waals surface area contributed by atoms with Crippen LogP contribution in [-0.2, 0) is 6.54 Å². The lowest BCUT2D eigenvalue weighted by molar-refractivity contribution is 0.103. The van der Waals surface area contributed by atoms with Crippen LogP contribution in [0.1, 0.15) is 41.3 Å². The standard InChI is InChI=1S/C23H25BrN4O2/c1-15-7-20(9-18(15)13-29)27-23-21(10-25-14-26-23)22(30)17-5-6-28(12-17)11-16-3-2-4-19(24)8-16/h2-6,8,10,12,14-15,18,20,29H,7,9,11,13H2,1H3,(H,25,26,27)/t15-,18-,20-/m0/s1. The van der Waals surface area contributed by atoms with Gasteiger partial charge in [-0.3, -0.25) is 4.79 Å². The Kier molecular flexibility index (Phi) is 6.29. The summed E-state index contributed by atoms with van der Waals surface area (Å²) in [6.07, 6.45) is 8.63. The van der Waals surface area contributed by atoms with Gasteiger partial charge >= 0.3 is 0 Å². The van der Waals surface area contributed by atoms with Crippen LogP contribution >= 0.6 is 15.9 Å². The van der Waals surface area contributed by atoms with Crippen LogP contribution in [0, 0.1) is 11.8 Å². The number of hydrogen-bond acceptors (Lipinski definition) is 5. The molecule has 1 aliphatic carbocycles. The summed E-state index contributed by atoms with van der Waals surface area (Å²) in [5, 5.41) is 12.9. The number of nitrogens with zero attached hydrogens (tertiary/aromatic N) is 3. The Labute approximate surface area is 184 Å². The van der Waals surface area contributed by atoms with Gasteiger partial charge in [-0.2, -0.15) is 0 Å². The molecule has 6 nitrogen and oxygen atoms in total. The number of ketones is 1. The summed E-state index contributed by atoms with van der Waals surface area (Å²) >= 11 is 3.49. The maximum Gasteiger partial charge on any atom is 0.199 e. The third-order valence-corrected chi connectivity index (χ3v) is 6.34. The lowest BCUT2D eigenvalue weighted by Gasteiger charge is -2.15. The highest BCUT2D eigenvalue weighted by atomic mass is 79.9. The monoisotopic (exact) mass is 468 g/mol. The van der Waals surface area contributed by atoms with Crippen molar-refractivity contribution in [2.24, 2.45) is 11.8 Å². The van der Waals surface area contributed by atoms with Crippen molar-refractivity contribution in [1.82, 2.24) is 14.5 Å². The van der Waals surface area contributed by atoms with Gasteiger partial charge in [0.05, 0.1) is 5.56 Å². The summed E-state index contributed by atoms with van der Waals surface area (Å²) in [5.74, 6) is 1.19. The van der Waals surface area contributed by atoms with Gasteiger partial charge < -0.3 is 15.0 Å². The van der Waals surface area contributed by atoms with E-state index in [2.05, 4.69) is 50.3 Å². The molecule has 0 amide bonds. The maximum atomic E-state index is 13.2. The van der Waals surface area contributed by atoms with Crippen LogP contribution in [0.25, 0.3) is 0 Å². The number of carbonyl (C=O) groups excluding carboxylic acids is 1. The van der Waals surface area contributed by atoms with Crippen LogP contribution in [0.15, 0.2) is 59.7 Å². The number of rotatable bonds is 7. The summed E-state index contributed by atoms with van der Waals surface area (Å²) < 4.78 is 3.03. The van der Waals surface area contributed by atoms with Gasteiger partial charge in [-0.15, -0.1) is 0 Å². The largest absolute Gasteiger partial charge is 0.396 e. The van der Waals surface area contributed by atoms with E-state index in [4.69, 9.17) is 0 Å². The second-order valence-corrected chi connectivity index (χ2v) is 8.96. The topological polar surface area (TPSA) is 80.0 Å². The number of anilines is 1. The zero-order chi connectivity index (χ0) is 21.1. The van der Waals surface area contributed by atoms with Gasteiger partial charge in [0.25, 0.3) is 0 Å². The normalized spacial score (nSPS) is 21.0. The average molecular weight is 469 g/mol. The molecule has 2 heterocycles. The molecule has 0 radical (unpaired) electrons. The molecule has 2 N–H and O–H groups in total. The predicted molar refractivity (Wildman–Crippen MR) is 120 cm³/mol. The Bertz CT molecular complexity index is 1040. The molecule has 0 bridgehead atoms. The van der Waals surface area contributed by atoms with E-state index in [1.54, 1.807) is 6.20 Å². The second-order valence-electron chi connectivity index (χ2n) is 8.05. The number of nitrogens with one attached hydrogen (secondary N) is 1. The number of halogens is 1. The fraction of sp³-hybridized carbons (Fsp3) is 0.348. The first-order valence-electron chi connectivity index (χ1n) is 10.2. The molecule has 156 valence electrons. The number of carbonyl (C=O) groups is 1. The van der Waals surface area contributed by atoms with Crippen LogP contribution in [-0.4, -0.2) is 38.1 Å². The molecule has 1 aliphatic rings. The molecule has 3 atom stereocenters. The predicted octanol–water partition coefficient (Wildman–Crippen LogP) is 4.14. The van der Waals surface area contributed by atoms with Crippen molar-refractivity contribution in [3.8, 4) is 0 Å². The summed E-state index contributed by atoms with van der Waals surface area (Å²) in [5.41, 5.74) is 2.23. The molecule has 0 spiro atoms. The Hall–Kier alpha value is -2.51. The van der Waals surface area contributed by atoms with Crippen LogP contribution in [0.3, 0.4) is 0 Å². The highest BCUT2D eigenvalue weighted by Crippen LogP contribution is 2.33. The van der Waals surface area contributed by atoms with Crippen molar-refractivity contribution < 1.29 is 9.90 Å². The van der Waals surface area contributed by atoms with Gasteiger partial charge in [0.15, 0.2) is 5.78 Å². The number of aliphatic hydroxyl groups is 1. The van der Waals surface area contributed by atoms with Crippen molar-refractivity contribution in [1.29, 1.82) is 0 Å². The minimum absolute atomic E-state index is 0.101. The van der Waals surface area contributed by atoms with E-state index in [1.807, 2.05) is 35.2 Å². The molecule has 0 saturated heterocycles. The van der Waals surface area contributed by atoms with E-state index in [-0.39, 0.29) is 24.3 Å². The van der Waals surface area contributed by atoms with Crippen molar-refractivity contribution in [2.45, 2.75) is 32.4 Å². The van der Waals surface area contributed by atoms with Crippen molar-refractivity contribution in [3.63, 3.8) is 0 Å². The molecule has 1 fully saturated rings. The van der Waals surface area contributed by atoms with E-state index >= 15 is 0 Å². The van der Waals surface area contributed by atoms with E-state index in [9.17, 15) is 9.90 Å². The minimum Gasteiger partial charge on any atom is -0.396 e. The second kappa shape index (κ2) is 9.10. The summed E-state index contributed by atoms with van der Waals surface area (Å²) in [6, 6.07) is 10.1. The Morgan fingerprint density at radius 2 is 2.20 bits per heavy atom. The Morgan fingerprint density at radius 3 is 2.97 bits per heavy atom. The van der Waals surface area contributed by atoms with Crippen LogP contribution < -0.4 is 5.32 Å².